The number of pyridine rings is 1. The maximum atomic E-state index is 12.8. The van der Waals surface area contributed by atoms with Crippen LogP contribution in [0.4, 0.5) is 0 Å². The Morgan fingerprint density at radius 1 is 1.15 bits per heavy atom. The smallest absolute Gasteiger partial charge is 0.270 e. The largest absolute Gasteiger partial charge is 0.504 e. The van der Waals surface area contributed by atoms with Crippen molar-refractivity contribution in [3.05, 3.63) is 40.4 Å². The highest BCUT2D eigenvalue weighted by Gasteiger charge is 2.32. The molecule has 2 aromatic heterocycles. The van der Waals surface area contributed by atoms with Crippen LogP contribution in [-0.2, 0) is 0 Å². The Morgan fingerprint density at radius 3 is 2.63 bits per heavy atom. The summed E-state index contributed by atoms with van der Waals surface area (Å²) >= 11 is 0. The summed E-state index contributed by atoms with van der Waals surface area (Å²) in [6.45, 7) is 2.42. The Labute approximate surface area is 156 Å². The van der Waals surface area contributed by atoms with E-state index >= 15 is 0 Å². The minimum Gasteiger partial charge on any atom is -0.504 e. The van der Waals surface area contributed by atoms with Gasteiger partial charge in [-0.2, -0.15) is 0 Å². The average molecular weight is 372 g/mol. The first-order valence-corrected chi connectivity index (χ1v) is 9.47. The molecule has 0 radical (unpaired) electrons. The summed E-state index contributed by atoms with van der Waals surface area (Å²) in [5.41, 5.74) is -0.342. The Kier molecular flexibility index (Phi) is 4.84. The lowest BCUT2D eigenvalue weighted by molar-refractivity contribution is -0.00176. The molecule has 2 aromatic rings. The Bertz CT molecular complexity index is 904. The van der Waals surface area contributed by atoms with Crippen LogP contribution in [0.15, 0.2) is 29.3 Å². The number of carbonyl (C=O) groups is 1. The van der Waals surface area contributed by atoms with Crippen LogP contribution in [0.3, 0.4) is 0 Å². The number of carbonyl (C=O) groups excluding carboxylic acids is 1. The third kappa shape index (κ3) is 3.30. The van der Waals surface area contributed by atoms with Gasteiger partial charge >= 0.3 is 0 Å². The third-order valence-corrected chi connectivity index (χ3v) is 5.71. The number of aliphatic hydroxyl groups is 1. The molecule has 8 nitrogen and oxygen atoms in total. The summed E-state index contributed by atoms with van der Waals surface area (Å²) in [5.74, 6) is -0.442. The Morgan fingerprint density at radius 2 is 1.89 bits per heavy atom. The first kappa shape index (κ1) is 17.9. The number of hydrogen-bond acceptors (Lipinski definition) is 6. The molecule has 1 aliphatic carbocycles. The van der Waals surface area contributed by atoms with Crippen molar-refractivity contribution in [1.82, 2.24) is 19.2 Å². The molecule has 4 rings (SSSR count). The second-order valence-electron chi connectivity index (χ2n) is 7.31. The van der Waals surface area contributed by atoms with Gasteiger partial charge in [-0.15, -0.1) is 0 Å². The number of amides is 1. The molecule has 0 bridgehead atoms. The summed E-state index contributed by atoms with van der Waals surface area (Å²) in [6.07, 6.45) is 6.49. The second-order valence-corrected chi connectivity index (χ2v) is 7.31. The maximum Gasteiger partial charge on any atom is 0.270 e. The van der Waals surface area contributed by atoms with Crippen LogP contribution < -0.4 is 5.56 Å². The molecule has 144 valence electrons. The Hall–Kier alpha value is -2.45. The lowest BCUT2D eigenvalue weighted by atomic mass is 9.91. The van der Waals surface area contributed by atoms with Gasteiger partial charge in [-0.3, -0.25) is 18.9 Å². The van der Waals surface area contributed by atoms with Gasteiger partial charge < -0.3 is 15.1 Å². The van der Waals surface area contributed by atoms with Crippen LogP contribution in [-0.4, -0.2) is 73.6 Å². The minimum atomic E-state index is -0.481. The predicted octanol–water partition coefficient (Wildman–Crippen LogP) is 0.461. The van der Waals surface area contributed by atoms with E-state index in [1.165, 1.54) is 28.9 Å². The molecule has 2 fully saturated rings. The summed E-state index contributed by atoms with van der Waals surface area (Å²) in [7, 11) is 0. The third-order valence-electron chi connectivity index (χ3n) is 5.71. The van der Waals surface area contributed by atoms with Crippen molar-refractivity contribution >= 4 is 11.6 Å². The molecule has 2 atom stereocenters. The van der Waals surface area contributed by atoms with E-state index in [9.17, 15) is 19.8 Å². The number of nitrogens with zero attached hydrogens (tertiary/aromatic N) is 4. The molecule has 8 heteroatoms. The fraction of sp³-hybridized carbons (Fsp3) is 0.526. The van der Waals surface area contributed by atoms with Gasteiger partial charge in [-0.1, -0.05) is 12.8 Å². The normalized spacial score (nSPS) is 24.3. The lowest BCUT2D eigenvalue weighted by Crippen LogP contribution is -2.55. The molecule has 0 spiro atoms. The highest BCUT2D eigenvalue weighted by molar-refractivity contribution is 5.94. The van der Waals surface area contributed by atoms with Gasteiger partial charge in [0.1, 0.15) is 5.56 Å². The molecular weight excluding hydrogens is 348 g/mol. The number of piperazine rings is 1. The summed E-state index contributed by atoms with van der Waals surface area (Å²) < 4.78 is 1.19. The van der Waals surface area contributed by atoms with Crippen molar-refractivity contribution < 1.29 is 15.0 Å². The number of aromatic hydroxyl groups is 1. The number of hydrogen-bond donors (Lipinski definition) is 2. The van der Waals surface area contributed by atoms with Crippen LogP contribution in [0.5, 0.6) is 5.75 Å². The molecule has 1 amide bonds. The van der Waals surface area contributed by atoms with Crippen LogP contribution in [0, 0.1) is 0 Å². The zero-order valence-corrected chi connectivity index (χ0v) is 15.1. The summed E-state index contributed by atoms with van der Waals surface area (Å²) in [6, 6.07) is 3.16. The fourth-order valence-electron chi connectivity index (χ4n) is 4.18. The van der Waals surface area contributed by atoms with Crippen LogP contribution in [0.25, 0.3) is 5.65 Å². The van der Waals surface area contributed by atoms with Gasteiger partial charge in [-0.05, 0) is 25.0 Å². The predicted molar refractivity (Wildman–Crippen MR) is 98.9 cm³/mol. The van der Waals surface area contributed by atoms with Gasteiger partial charge in [-0.25, -0.2) is 4.98 Å². The first-order chi connectivity index (χ1) is 13.1. The summed E-state index contributed by atoms with van der Waals surface area (Å²) in [4.78, 5) is 33.5. The van der Waals surface area contributed by atoms with Gasteiger partial charge in [0.05, 0.1) is 6.10 Å². The standard InChI is InChI=1S/C19H24N4O4/c24-15-5-2-1-4-14(15)21-8-10-22(11-9-21)18(26)13-12-20-17-16(25)6-3-7-23(17)19(13)27/h3,6-7,12,14-15,24-25H,1-2,4-5,8-11H2/t14-,15-/m0/s1. The molecule has 0 unspecified atom stereocenters. The molecule has 2 aliphatic rings. The fourth-order valence-corrected chi connectivity index (χ4v) is 4.18. The highest BCUT2D eigenvalue weighted by atomic mass is 16.3. The molecule has 1 saturated carbocycles. The van der Waals surface area contributed by atoms with Crippen molar-refractivity contribution in [3.63, 3.8) is 0 Å². The van der Waals surface area contributed by atoms with Gasteiger partial charge in [0, 0.05) is 44.6 Å². The topological polar surface area (TPSA) is 98.4 Å². The zero-order chi connectivity index (χ0) is 19.0. The van der Waals surface area contributed by atoms with E-state index < -0.39 is 5.56 Å². The van der Waals surface area contributed by atoms with E-state index in [0.29, 0.717) is 26.2 Å². The monoisotopic (exact) mass is 372 g/mol. The molecule has 27 heavy (non-hydrogen) atoms. The van der Waals surface area contributed by atoms with Crippen molar-refractivity contribution in [2.45, 2.75) is 37.8 Å². The molecule has 2 N–H and O–H groups in total. The van der Waals surface area contributed by atoms with E-state index in [2.05, 4.69) is 9.88 Å². The highest BCUT2D eigenvalue weighted by Crippen LogP contribution is 2.24. The van der Waals surface area contributed by atoms with Gasteiger partial charge in [0.15, 0.2) is 11.4 Å². The van der Waals surface area contributed by atoms with Gasteiger partial charge in [0.25, 0.3) is 11.5 Å². The average Bonchev–Trinajstić information content (AvgIpc) is 2.69. The van der Waals surface area contributed by atoms with E-state index in [1.807, 2.05) is 0 Å². The van der Waals surface area contributed by atoms with E-state index in [4.69, 9.17) is 0 Å². The first-order valence-electron chi connectivity index (χ1n) is 9.47. The van der Waals surface area contributed by atoms with Crippen LogP contribution in [0.1, 0.15) is 36.0 Å². The molecule has 0 aromatic carbocycles. The van der Waals surface area contributed by atoms with Crippen LogP contribution in [0.2, 0.25) is 0 Å². The van der Waals surface area contributed by atoms with Crippen molar-refractivity contribution in [1.29, 1.82) is 0 Å². The SMILES string of the molecule is O=C(c1cnc2c(O)cccn2c1=O)N1CCN([C@H]2CCCC[C@@H]2O)CC1. The van der Waals surface area contributed by atoms with Crippen LogP contribution >= 0.6 is 0 Å². The van der Waals surface area contributed by atoms with E-state index in [-0.39, 0.29) is 35.0 Å². The number of aromatic nitrogens is 2. The van der Waals surface area contributed by atoms with Gasteiger partial charge in [0.2, 0.25) is 0 Å². The summed E-state index contributed by atoms with van der Waals surface area (Å²) in [5, 5.41) is 20.0. The number of rotatable bonds is 2. The molecule has 1 saturated heterocycles. The zero-order valence-electron chi connectivity index (χ0n) is 15.1. The molecule has 3 heterocycles. The van der Waals surface area contributed by atoms with Crippen molar-refractivity contribution in [3.8, 4) is 5.75 Å². The second kappa shape index (κ2) is 7.28. The Balaban J connectivity index is 1.49. The molecule has 1 aliphatic heterocycles. The number of aliphatic hydroxyl groups excluding tert-OH is 1. The minimum absolute atomic E-state index is 0.00394. The van der Waals surface area contributed by atoms with E-state index in [0.717, 1.165) is 25.7 Å². The maximum absolute atomic E-state index is 12.8. The van der Waals surface area contributed by atoms with Crippen molar-refractivity contribution in [2.24, 2.45) is 0 Å². The quantitative estimate of drug-likeness (QED) is 0.795. The van der Waals surface area contributed by atoms with Crippen molar-refractivity contribution in [2.75, 3.05) is 26.2 Å². The lowest BCUT2D eigenvalue weighted by Gasteiger charge is -2.42. The number of fused-ring (bicyclic) bond motifs is 1. The molecular formula is C19H24N4O4. The van der Waals surface area contributed by atoms with E-state index in [1.54, 1.807) is 4.90 Å².